The lowest BCUT2D eigenvalue weighted by atomic mass is 9.90. The Morgan fingerprint density at radius 3 is 2.95 bits per heavy atom. The summed E-state index contributed by atoms with van der Waals surface area (Å²) in [6.45, 7) is 4.53. The number of rotatable bonds is 5. The molecule has 1 aromatic heterocycles. The lowest BCUT2D eigenvalue weighted by Gasteiger charge is -2.14. The van der Waals surface area contributed by atoms with Crippen LogP contribution in [0.15, 0.2) is 36.5 Å². The van der Waals surface area contributed by atoms with E-state index in [9.17, 15) is 0 Å². The summed E-state index contributed by atoms with van der Waals surface area (Å²) in [5.74, 6) is 0.834. The van der Waals surface area contributed by atoms with Gasteiger partial charge < -0.3 is 4.74 Å². The Hall–Kier alpha value is -2.08. The summed E-state index contributed by atoms with van der Waals surface area (Å²) >= 11 is 0. The van der Waals surface area contributed by atoms with Crippen LogP contribution in [0.5, 0.6) is 5.75 Å². The summed E-state index contributed by atoms with van der Waals surface area (Å²) in [7, 11) is 0. The maximum atomic E-state index is 8.93. The van der Waals surface area contributed by atoms with Crippen molar-refractivity contribution < 1.29 is 4.74 Å². The van der Waals surface area contributed by atoms with Gasteiger partial charge in [-0.1, -0.05) is 6.07 Å². The van der Waals surface area contributed by atoms with Gasteiger partial charge in [-0.25, -0.2) is 0 Å². The largest absolute Gasteiger partial charge is 0.494 e. The molecule has 2 rings (SSSR count). The topological polar surface area (TPSA) is 45.9 Å². The molecule has 0 radical (unpaired) electrons. The summed E-state index contributed by atoms with van der Waals surface area (Å²) in [6.07, 6.45) is 3.50. The third-order valence-corrected chi connectivity index (χ3v) is 3.09. The van der Waals surface area contributed by atoms with Crippen molar-refractivity contribution in [2.75, 3.05) is 6.61 Å². The molecule has 1 heterocycles. The summed E-state index contributed by atoms with van der Waals surface area (Å²) in [4.78, 5) is 4.30. The van der Waals surface area contributed by atoms with Crippen LogP contribution < -0.4 is 4.74 Å². The minimum absolute atomic E-state index is 0.270. The Bertz CT molecular complexity index is 599. The standard InChI is InChI=1S/C16H18N2O/c1-16(2,12-17)8-4-10-19-14-7-6-13-5-3-9-18-15(13)11-14/h3,5-7,9,11H,4,8,10H2,1-2H3. The third-order valence-electron chi connectivity index (χ3n) is 3.09. The van der Waals surface area contributed by atoms with Crippen LogP contribution in [0.2, 0.25) is 0 Å². The predicted molar refractivity (Wildman–Crippen MR) is 75.9 cm³/mol. The average Bonchev–Trinajstić information content (AvgIpc) is 2.43. The number of benzene rings is 1. The fourth-order valence-corrected chi connectivity index (χ4v) is 1.90. The molecule has 0 spiro atoms. The highest BCUT2D eigenvalue weighted by molar-refractivity contribution is 5.79. The summed E-state index contributed by atoms with van der Waals surface area (Å²) in [6, 6.07) is 12.2. The predicted octanol–water partition coefficient (Wildman–Crippen LogP) is 3.94. The molecule has 3 heteroatoms. The first kappa shape index (κ1) is 13.4. The molecule has 0 aliphatic rings. The Morgan fingerprint density at radius 1 is 1.32 bits per heavy atom. The van der Waals surface area contributed by atoms with Gasteiger partial charge in [0, 0.05) is 17.6 Å². The number of ether oxygens (including phenoxy) is 1. The SMILES string of the molecule is CC(C)(C#N)CCCOc1ccc2cccnc2c1. The van der Waals surface area contributed by atoms with E-state index >= 15 is 0 Å². The van der Waals surface area contributed by atoms with Gasteiger partial charge in [-0.05, 0) is 44.9 Å². The maximum absolute atomic E-state index is 8.93. The first-order valence-corrected chi connectivity index (χ1v) is 6.50. The monoisotopic (exact) mass is 254 g/mol. The molecule has 1 aromatic carbocycles. The zero-order chi connectivity index (χ0) is 13.7. The van der Waals surface area contributed by atoms with Crippen LogP contribution >= 0.6 is 0 Å². The van der Waals surface area contributed by atoms with Crippen molar-refractivity contribution in [1.29, 1.82) is 5.26 Å². The van der Waals surface area contributed by atoms with Crippen molar-refractivity contribution in [2.24, 2.45) is 5.41 Å². The van der Waals surface area contributed by atoms with Gasteiger partial charge >= 0.3 is 0 Å². The molecule has 2 aromatic rings. The Balaban J connectivity index is 1.90. The lowest BCUT2D eigenvalue weighted by Crippen LogP contribution is -2.10. The second kappa shape index (κ2) is 5.71. The van der Waals surface area contributed by atoms with E-state index in [0.717, 1.165) is 29.5 Å². The van der Waals surface area contributed by atoms with Crippen molar-refractivity contribution in [1.82, 2.24) is 4.98 Å². The summed E-state index contributed by atoms with van der Waals surface area (Å²) in [5.41, 5.74) is 0.672. The molecule has 0 atom stereocenters. The summed E-state index contributed by atoms with van der Waals surface area (Å²) < 4.78 is 5.70. The third kappa shape index (κ3) is 3.69. The molecule has 0 unspecified atom stereocenters. The van der Waals surface area contributed by atoms with E-state index in [0.29, 0.717) is 6.61 Å². The van der Waals surface area contributed by atoms with Crippen LogP contribution in [0.3, 0.4) is 0 Å². The number of fused-ring (bicyclic) bond motifs is 1. The molecule has 98 valence electrons. The molecule has 3 nitrogen and oxygen atoms in total. The molecule has 0 saturated carbocycles. The first-order chi connectivity index (χ1) is 9.11. The van der Waals surface area contributed by atoms with E-state index in [1.165, 1.54) is 0 Å². The molecular weight excluding hydrogens is 236 g/mol. The fraction of sp³-hybridized carbons (Fsp3) is 0.375. The van der Waals surface area contributed by atoms with E-state index < -0.39 is 0 Å². The van der Waals surface area contributed by atoms with Crippen LogP contribution in [-0.2, 0) is 0 Å². The second-order valence-electron chi connectivity index (χ2n) is 5.31. The first-order valence-electron chi connectivity index (χ1n) is 6.50. The Labute approximate surface area is 113 Å². The minimum atomic E-state index is -0.270. The molecule has 0 fully saturated rings. The van der Waals surface area contributed by atoms with E-state index in [1.54, 1.807) is 6.20 Å². The number of nitriles is 1. The molecule has 0 aliphatic carbocycles. The molecule has 0 amide bonds. The van der Waals surface area contributed by atoms with Crippen LogP contribution in [0.1, 0.15) is 26.7 Å². The number of hydrogen-bond acceptors (Lipinski definition) is 3. The maximum Gasteiger partial charge on any atom is 0.121 e. The second-order valence-corrected chi connectivity index (χ2v) is 5.31. The smallest absolute Gasteiger partial charge is 0.121 e. The number of hydrogen-bond donors (Lipinski definition) is 0. The Kier molecular flexibility index (Phi) is 4.01. The van der Waals surface area contributed by atoms with Crippen molar-refractivity contribution in [3.63, 3.8) is 0 Å². The molecule has 0 bridgehead atoms. The van der Waals surface area contributed by atoms with Gasteiger partial charge in [0.05, 0.1) is 23.6 Å². The number of aromatic nitrogens is 1. The van der Waals surface area contributed by atoms with Crippen LogP contribution in [-0.4, -0.2) is 11.6 Å². The minimum Gasteiger partial charge on any atom is -0.494 e. The van der Waals surface area contributed by atoms with Crippen molar-refractivity contribution >= 4 is 10.9 Å². The van der Waals surface area contributed by atoms with Gasteiger partial charge in [0.1, 0.15) is 5.75 Å². The van der Waals surface area contributed by atoms with E-state index in [-0.39, 0.29) is 5.41 Å². The van der Waals surface area contributed by atoms with Gasteiger partial charge in [0.15, 0.2) is 0 Å². The van der Waals surface area contributed by atoms with Crippen molar-refractivity contribution in [2.45, 2.75) is 26.7 Å². The summed E-state index contributed by atoms with van der Waals surface area (Å²) in [5, 5.41) is 10.0. The molecular formula is C16H18N2O. The van der Waals surface area contributed by atoms with Gasteiger partial charge in [0.2, 0.25) is 0 Å². The number of pyridine rings is 1. The van der Waals surface area contributed by atoms with E-state index in [1.807, 2.05) is 44.2 Å². The lowest BCUT2D eigenvalue weighted by molar-refractivity contribution is 0.284. The zero-order valence-electron chi connectivity index (χ0n) is 11.4. The number of nitrogens with zero attached hydrogens (tertiary/aromatic N) is 2. The fourth-order valence-electron chi connectivity index (χ4n) is 1.90. The van der Waals surface area contributed by atoms with Crippen molar-refractivity contribution in [3.8, 4) is 11.8 Å². The van der Waals surface area contributed by atoms with Crippen LogP contribution in [0.25, 0.3) is 10.9 Å². The van der Waals surface area contributed by atoms with Gasteiger partial charge in [0.25, 0.3) is 0 Å². The molecule has 19 heavy (non-hydrogen) atoms. The van der Waals surface area contributed by atoms with Crippen molar-refractivity contribution in [3.05, 3.63) is 36.5 Å². The average molecular weight is 254 g/mol. The van der Waals surface area contributed by atoms with Crippen LogP contribution in [0.4, 0.5) is 0 Å². The van der Waals surface area contributed by atoms with Gasteiger partial charge in [-0.2, -0.15) is 5.26 Å². The van der Waals surface area contributed by atoms with Gasteiger partial charge in [-0.3, -0.25) is 4.98 Å². The van der Waals surface area contributed by atoms with Gasteiger partial charge in [-0.15, -0.1) is 0 Å². The van der Waals surface area contributed by atoms with Crippen LogP contribution in [0, 0.1) is 16.7 Å². The highest BCUT2D eigenvalue weighted by Crippen LogP contribution is 2.22. The quantitative estimate of drug-likeness (QED) is 0.759. The Morgan fingerprint density at radius 2 is 2.16 bits per heavy atom. The van der Waals surface area contributed by atoms with E-state index in [4.69, 9.17) is 10.00 Å². The zero-order valence-corrected chi connectivity index (χ0v) is 11.4. The highest BCUT2D eigenvalue weighted by Gasteiger charge is 2.15. The normalized spacial score (nSPS) is 11.2. The van der Waals surface area contributed by atoms with E-state index in [2.05, 4.69) is 11.1 Å². The molecule has 0 aliphatic heterocycles. The highest BCUT2D eigenvalue weighted by atomic mass is 16.5. The molecule has 0 N–H and O–H groups in total. The molecule has 0 saturated heterocycles.